The third-order valence-corrected chi connectivity index (χ3v) is 22.2. The number of benzene rings is 6. The van der Waals surface area contributed by atoms with E-state index in [9.17, 15) is 82.0 Å². The molecule has 48 heteroatoms. The minimum absolute atomic E-state index is 0.00223. The number of primary amides is 1. The first-order valence-corrected chi connectivity index (χ1v) is 43.5. The summed E-state index contributed by atoms with van der Waals surface area (Å²) in [6, 6.07) is 21.2. The largest absolute Gasteiger partial charge is 0.370 e. The number of nitrogens with zero attached hydrogens (tertiary/aromatic N) is 6. The monoisotopic (exact) mass is 1880 g/mol. The number of hydrogen-bond acceptors (Lipinski definition) is 24. The highest BCUT2D eigenvalue weighted by atomic mass is 16.6. The smallest absolute Gasteiger partial charge is 0.328 e. The second-order valence-corrected chi connectivity index (χ2v) is 32.0. The molecule has 0 saturated carbocycles. The van der Waals surface area contributed by atoms with Gasteiger partial charge in [0, 0.05) is 81.1 Å². The number of nitro groups is 1. The maximum absolute atomic E-state index is 15.8. The molecule has 5 aromatic heterocycles. The number of guanidine groups is 2. The van der Waals surface area contributed by atoms with E-state index in [1.54, 1.807) is 0 Å². The zero-order chi connectivity index (χ0) is 98.7. The van der Waals surface area contributed by atoms with Crippen molar-refractivity contribution in [1.82, 2.24) is 107 Å². The molecule has 0 fully saturated rings. The Morgan fingerprint density at radius 3 is 1.23 bits per heavy atom. The summed E-state index contributed by atoms with van der Waals surface area (Å²) in [4.78, 5) is 296. The number of nitrogens with two attached hydrogens (primary N) is 3. The van der Waals surface area contributed by atoms with Crippen LogP contribution >= 0.6 is 0 Å². The molecule has 8 atom stereocenters. The Hall–Kier alpha value is -17.4. The first kappa shape index (κ1) is 100. The van der Waals surface area contributed by atoms with E-state index in [1.807, 2.05) is 53.5 Å². The Morgan fingerprint density at radius 2 is 0.781 bits per heavy atom. The minimum atomic E-state index is -2.41. The van der Waals surface area contributed by atoms with Gasteiger partial charge in [-0.15, -0.1) is 0 Å². The molecule has 5 heterocycles. The van der Waals surface area contributed by atoms with E-state index >= 15 is 19.2 Å². The Kier molecular flexibility index (Phi) is 34.4. The van der Waals surface area contributed by atoms with Gasteiger partial charge in [-0.1, -0.05) is 91.3 Å². The van der Waals surface area contributed by atoms with E-state index in [2.05, 4.69) is 83.7 Å². The van der Waals surface area contributed by atoms with Crippen molar-refractivity contribution in [2.45, 2.75) is 158 Å². The first-order chi connectivity index (χ1) is 65.6. The van der Waals surface area contributed by atoms with Crippen LogP contribution in [0.25, 0.3) is 54.5 Å². The fourth-order valence-electron chi connectivity index (χ4n) is 15.2. The van der Waals surface area contributed by atoms with Crippen LogP contribution in [0, 0.1) is 20.9 Å². The number of fused-ring (bicyclic) bond motifs is 5. The predicted molar refractivity (Wildman–Crippen MR) is 500 cm³/mol. The number of carbonyl (C=O) groups excluding carboxylic acids is 11. The normalized spacial score (nSPS) is 12.9. The van der Waals surface area contributed by atoms with Crippen LogP contribution in [0.4, 0.5) is 5.69 Å². The van der Waals surface area contributed by atoms with E-state index in [0.29, 0.717) is 66.8 Å². The molecule has 0 aliphatic carbocycles. The maximum Gasteiger partial charge on any atom is 0.328 e. The molecule has 0 saturated heterocycles. The number of para-hydroxylation sites is 5. The summed E-state index contributed by atoms with van der Waals surface area (Å²) >= 11 is 0. The summed E-state index contributed by atoms with van der Waals surface area (Å²) in [6.45, 7) is -2.93. The Morgan fingerprint density at radius 1 is 0.394 bits per heavy atom. The van der Waals surface area contributed by atoms with Gasteiger partial charge in [0.2, 0.25) is 59.1 Å². The standard InChI is InChI=1S/C89H101N27O21/c1-48(117)99-62(29-14-16-39-96-80(128)71-51-19-4-9-24-56(51)100-57-25-10-5-20-52(57)71)73(121)95-38-15-2-3-32-69(118)101-63(31-18-41-98-85(93)94)74(122)104-65(44-112-42-37-70(119)111-86(112)132)76(124)103-64(43-49-33-35-50(36-34-49)116(136)137)75(123)105-67(46-114-82(130)54-22-7-12-27-59(54)109-88(114)134)78(126)107-68(47-115-83(131)55-23-8-13-28-60(55)110-89(115)135)79(127)106-66(77(125)102-61(72(90)120)30-17-40-97-84(91)92)45-113-81(129)53-21-6-11-26-58(53)108-87(113)133/h4-13,19-28,33-37,42,61-68H,2-3,14-18,29-32,38-41,43-47H2,1H3,(H2,90,120)(H,95,121)(H,96,128)(H,99,117)(H,101,118)(H,102,125)(H,103,124)(H,104,122)(H,105,123)(H,106,127)(H,107,126)(H,108,133)(H,109,134)(H,110,135)(H4,91,92,97)(H4,93,94,98)(H,111,119,132)/t61-,62-,63-,64-,65+,66+,67+,68+/m0/s1. The number of aromatic nitrogens is 9. The van der Waals surface area contributed by atoms with E-state index in [1.165, 1.54) is 79.7 Å². The zero-order valence-corrected chi connectivity index (χ0v) is 73.8. The highest BCUT2D eigenvalue weighted by Gasteiger charge is 2.38. The van der Waals surface area contributed by atoms with Gasteiger partial charge in [-0.05, 0) is 112 Å². The SMILES string of the molecule is CC(=O)N[C@@H](CCCCNC(=O)c1c2ccccc2nc2ccccc12)C(=O)NCCCCCC(=O)N[C@@H](CCCNC(=N)N)C(=O)N[C@H](Cn1ccc(=O)[nH]c1=O)C(=O)N[C@@H](Cc1ccc([N+](=O)[O-])cc1)C(=O)N[C@H](Cn1c(=O)[nH]c2ccccc2c1=O)C(=O)N[C@H](Cn1c(=O)[nH]c2ccccc2c1=O)C(=O)N[C@H](Cn1c(=O)[nH]c2ccccc2c1=O)C(=O)N[C@@H](CCCNC(=N)N)C(N)=O. The number of H-pyrrole nitrogens is 4. The van der Waals surface area contributed by atoms with E-state index < -0.39 is 208 Å². The van der Waals surface area contributed by atoms with Gasteiger partial charge in [-0.2, -0.15) is 0 Å². The maximum atomic E-state index is 15.8. The third-order valence-electron chi connectivity index (χ3n) is 22.2. The van der Waals surface area contributed by atoms with Crippen molar-refractivity contribution >= 4 is 137 Å². The van der Waals surface area contributed by atoms with Crippen LogP contribution in [-0.2, 0) is 80.5 Å². The molecular weight excluding hydrogens is 1780 g/mol. The van der Waals surface area contributed by atoms with Gasteiger partial charge in [0.25, 0.3) is 33.8 Å². The molecule has 718 valence electrons. The van der Waals surface area contributed by atoms with Crippen molar-refractivity contribution < 1.29 is 57.7 Å². The summed E-state index contributed by atoms with van der Waals surface area (Å²) in [5.41, 5.74) is 9.13. The number of carbonyl (C=O) groups is 11. The molecule has 0 aliphatic heterocycles. The van der Waals surface area contributed by atoms with Crippen molar-refractivity contribution in [2.75, 3.05) is 26.2 Å². The van der Waals surface area contributed by atoms with E-state index in [4.69, 9.17) is 28.0 Å². The predicted octanol–water partition coefficient (Wildman–Crippen LogP) is -3.31. The number of unbranched alkanes of at least 4 members (excludes halogenated alkanes) is 3. The van der Waals surface area contributed by atoms with Crippen molar-refractivity contribution in [3.8, 4) is 0 Å². The molecule has 11 rings (SSSR count). The lowest BCUT2D eigenvalue weighted by molar-refractivity contribution is -0.384. The van der Waals surface area contributed by atoms with Gasteiger partial charge >= 0.3 is 22.8 Å². The van der Waals surface area contributed by atoms with Crippen molar-refractivity contribution in [2.24, 2.45) is 17.2 Å². The summed E-state index contributed by atoms with van der Waals surface area (Å²) in [5, 5.41) is 58.7. The van der Waals surface area contributed by atoms with Crippen LogP contribution in [0.1, 0.15) is 93.5 Å². The molecule has 11 amide bonds. The van der Waals surface area contributed by atoms with Crippen LogP contribution < -0.4 is 126 Å². The number of nitrogens with one attached hydrogen (secondary N) is 18. The quantitative estimate of drug-likeness (QED) is 0.00443. The van der Waals surface area contributed by atoms with Crippen LogP contribution in [-0.4, -0.2) is 200 Å². The van der Waals surface area contributed by atoms with Crippen molar-refractivity contribution in [1.29, 1.82) is 10.8 Å². The number of hydrogen-bond donors (Lipinski definition) is 21. The Bertz CT molecular complexity index is 6930. The van der Waals surface area contributed by atoms with Crippen LogP contribution in [0.2, 0.25) is 0 Å². The number of pyridine rings is 1. The number of non-ortho nitro benzene ring substituents is 1. The molecule has 137 heavy (non-hydrogen) atoms. The highest BCUT2D eigenvalue weighted by molar-refractivity contribution is 6.16. The van der Waals surface area contributed by atoms with Gasteiger partial charge < -0.3 is 96.0 Å². The number of aromatic amines is 4. The Labute approximate surface area is 773 Å². The Balaban J connectivity index is 0.857. The fraction of sp³-hybridized carbons (Fsp3) is 0.326. The zero-order valence-electron chi connectivity index (χ0n) is 73.8. The third kappa shape index (κ3) is 27.2. The topological polar surface area (TPSA) is 733 Å². The van der Waals surface area contributed by atoms with Crippen LogP contribution in [0.5, 0.6) is 0 Å². The second kappa shape index (κ2) is 47.1. The molecule has 24 N–H and O–H groups in total. The molecule has 0 unspecified atom stereocenters. The summed E-state index contributed by atoms with van der Waals surface area (Å²) in [6.07, 6.45) is 1.37. The van der Waals surface area contributed by atoms with Crippen LogP contribution in [0.15, 0.2) is 196 Å². The lowest BCUT2D eigenvalue weighted by atomic mass is 10.0. The van der Waals surface area contributed by atoms with Gasteiger partial charge in [-0.25, -0.2) is 24.2 Å². The average Bonchev–Trinajstić information content (AvgIpc) is 0.776. The molecule has 0 aliphatic rings. The highest BCUT2D eigenvalue weighted by Crippen LogP contribution is 2.26. The molecule has 0 spiro atoms. The summed E-state index contributed by atoms with van der Waals surface area (Å²) < 4.78 is 2.14. The summed E-state index contributed by atoms with van der Waals surface area (Å²) in [5.74, 6) is -12.5. The molecule has 48 nitrogen and oxygen atoms in total. The van der Waals surface area contributed by atoms with E-state index in [0.717, 1.165) is 41.1 Å². The number of rotatable bonds is 47. The van der Waals surface area contributed by atoms with Crippen molar-refractivity contribution in [3.63, 3.8) is 0 Å². The number of amides is 11. The molecule has 11 aromatic rings. The van der Waals surface area contributed by atoms with Gasteiger partial charge in [0.1, 0.15) is 48.3 Å². The summed E-state index contributed by atoms with van der Waals surface area (Å²) in [7, 11) is 0. The van der Waals surface area contributed by atoms with Gasteiger partial charge in [0.05, 0.1) is 80.4 Å². The molecule has 6 aromatic carbocycles. The first-order valence-electron chi connectivity index (χ1n) is 43.5. The van der Waals surface area contributed by atoms with Gasteiger partial charge in [0.15, 0.2) is 11.9 Å². The average molecular weight is 1880 g/mol. The molecule has 0 bridgehead atoms. The minimum Gasteiger partial charge on any atom is -0.370 e. The lowest BCUT2D eigenvalue weighted by Crippen LogP contribution is -2.63. The second-order valence-electron chi connectivity index (χ2n) is 32.0. The van der Waals surface area contributed by atoms with Gasteiger partial charge in [-0.3, -0.25) is 116 Å². The fourth-order valence-corrected chi connectivity index (χ4v) is 15.2. The van der Waals surface area contributed by atoms with Crippen LogP contribution in [0.3, 0.4) is 0 Å². The van der Waals surface area contributed by atoms with Crippen molar-refractivity contribution in [3.05, 3.63) is 262 Å². The molecular formula is C89H101N27O21. The van der Waals surface area contributed by atoms with E-state index in [-0.39, 0.29) is 115 Å². The lowest BCUT2D eigenvalue weighted by Gasteiger charge is -2.28. The number of nitro benzene ring substituents is 1. The molecule has 0 radical (unpaired) electrons.